The molecule has 1 saturated heterocycles. The lowest BCUT2D eigenvalue weighted by Crippen LogP contribution is -2.38. The number of benzene rings is 2. The van der Waals surface area contributed by atoms with Crippen LogP contribution in [0.2, 0.25) is 0 Å². The fraction of sp³-hybridized carbons (Fsp3) is 0.190. The molecule has 10 heteroatoms. The van der Waals surface area contributed by atoms with Crippen LogP contribution in [0, 0.1) is 17.5 Å². The number of nitrogens with one attached hydrogen (secondary N) is 1. The average molecular weight is 449 g/mol. The summed E-state index contributed by atoms with van der Waals surface area (Å²) in [6.45, 7) is 1.46. The lowest BCUT2D eigenvalue weighted by atomic mass is 10.1. The van der Waals surface area contributed by atoms with Gasteiger partial charge in [0.15, 0.2) is 11.6 Å². The Morgan fingerprint density at radius 1 is 1.00 bits per heavy atom. The molecule has 0 spiro atoms. The van der Waals surface area contributed by atoms with Crippen molar-refractivity contribution in [3.05, 3.63) is 83.8 Å². The summed E-state index contributed by atoms with van der Waals surface area (Å²) in [6.07, 6.45) is 0.925. The van der Waals surface area contributed by atoms with Gasteiger partial charge in [-0.25, -0.2) is 26.6 Å². The van der Waals surface area contributed by atoms with Gasteiger partial charge in [-0.05, 0) is 42.0 Å². The molecule has 6 nitrogen and oxygen atoms in total. The van der Waals surface area contributed by atoms with Crippen molar-refractivity contribution in [3.8, 4) is 0 Å². The highest BCUT2D eigenvalue weighted by Gasteiger charge is 2.24. The number of ether oxygens (including phenoxy) is 1. The zero-order chi connectivity index (χ0) is 22.0. The minimum Gasteiger partial charge on any atom is -0.370 e. The Balaban J connectivity index is 1.48. The van der Waals surface area contributed by atoms with E-state index < -0.39 is 21.7 Å². The molecule has 3 aromatic rings. The van der Waals surface area contributed by atoms with E-state index in [0.717, 1.165) is 23.8 Å². The Kier molecular flexibility index (Phi) is 5.84. The van der Waals surface area contributed by atoms with Crippen LogP contribution in [0.3, 0.4) is 0 Å². The van der Waals surface area contributed by atoms with Gasteiger partial charge in [0.2, 0.25) is 0 Å². The van der Waals surface area contributed by atoms with Crippen LogP contribution in [0.5, 0.6) is 0 Å². The van der Waals surface area contributed by atoms with Crippen LogP contribution in [0.1, 0.15) is 11.7 Å². The van der Waals surface area contributed by atoms with Crippen molar-refractivity contribution in [3.63, 3.8) is 0 Å². The molecule has 0 saturated carbocycles. The van der Waals surface area contributed by atoms with Crippen LogP contribution >= 0.6 is 0 Å². The largest absolute Gasteiger partial charge is 0.370 e. The third-order valence-corrected chi connectivity index (χ3v) is 6.20. The molecule has 1 aliphatic heterocycles. The third kappa shape index (κ3) is 4.80. The van der Waals surface area contributed by atoms with E-state index in [4.69, 9.17) is 4.74 Å². The van der Waals surface area contributed by atoms with Crippen molar-refractivity contribution < 1.29 is 26.3 Å². The van der Waals surface area contributed by atoms with Gasteiger partial charge in [0.1, 0.15) is 22.6 Å². The van der Waals surface area contributed by atoms with Gasteiger partial charge in [0.25, 0.3) is 10.0 Å². The topological polar surface area (TPSA) is 71.5 Å². The first-order valence-electron chi connectivity index (χ1n) is 9.38. The highest BCUT2D eigenvalue weighted by Crippen LogP contribution is 2.26. The van der Waals surface area contributed by atoms with Gasteiger partial charge >= 0.3 is 0 Å². The summed E-state index contributed by atoms with van der Waals surface area (Å²) in [5.41, 5.74) is 0.735. The molecule has 1 unspecified atom stereocenters. The highest BCUT2D eigenvalue weighted by atomic mass is 32.2. The second-order valence-corrected chi connectivity index (χ2v) is 8.63. The van der Waals surface area contributed by atoms with Gasteiger partial charge in [0.05, 0.1) is 12.3 Å². The molecule has 1 aromatic heterocycles. The van der Waals surface area contributed by atoms with Crippen LogP contribution in [-0.2, 0) is 14.8 Å². The molecule has 0 radical (unpaired) electrons. The van der Waals surface area contributed by atoms with Crippen LogP contribution in [0.25, 0.3) is 0 Å². The van der Waals surface area contributed by atoms with Crippen LogP contribution in [0.4, 0.5) is 24.7 Å². The Hall–Kier alpha value is -3.11. The summed E-state index contributed by atoms with van der Waals surface area (Å²) in [5.74, 6) is -2.00. The van der Waals surface area contributed by atoms with Gasteiger partial charge in [0, 0.05) is 25.4 Å². The molecular weight excluding hydrogens is 431 g/mol. The van der Waals surface area contributed by atoms with E-state index in [1.165, 1.54) is 24.4 Å². The van der Waals surface area contributed by atoms with E-state index in [9.17, 15) is 21.6 Å². The Morgan fingerprint density at radius 2 is 1.77 bits per heavy atom. The SMILES string of the molecule is O=S(=O)(Nc1ccc(F)c(F)c1)c1ccc(N2CCOC(c3ccc(F)cc3)C2)nc1. The maximum absolute atomic E-state index is 13.3. The fourth-order valence-corrected chi connectivity index (χ4v) is 4.22. The summed E-state index contributed by atoms with van der Waals surface area (Å²) in [7, 11) is -4.03. The first-order chi connectivity index (χ1) is 14.8. The number of hydrogen-bond donors (Lipinski definition) is 1. The smallest absolute Gasteiger partial charge is 0.263 e. The van der Waals surface area contributed by atoms with Crippen molar-refractivity contribution in [2.75, 3.05) is 29.3 Å². The van der Waals surface area contributed by atoms with Gasteiger partial charge in [-0.3, -0.25) is 4.72 Å². The number of pyridine rings is 1. The number of hydrogen-bond acceptors (Lipinski definition) is 5. The van der Waals surface area contributed by atoms with E-state index in [-0.39, 0.29) is 22.5 Å². The monoisotopic (exact) mass is 449 g/mol. The predicted octanol–water partition coefficient (Wildman–Crippen LogP) is 3.88. The zero-order valence-electron chi connectivity index (χ0n) is 16.1. The van der Waals surface area contributed by atoms with Crippen molar-refractivity contribution in [2.24, 2.45) is 0 Å². The molecule has 2 aromatic carbocycles. The lowest BCUT2D eigenvalue weighted by molar-refractivity contribution is 0.0395. The molecule has 4 rings (SSSR count). The normalized spacial score (nSPS) is 16.9. The number of aromatic nitrogens is 1. The summed E-state index contributed by atoms with van der Waals surface area (Å²) in [4.78, 5) is 6.06. The highest BCUT2D eigenvalue weighted by molar-refractivity contribution is 7.92. The predicted molar refractivity (Wildman–Crippen MR) is 109 cm³/mol. The summed E-state index contributed by atoms with van der Waals surface area (Å²) < 4.78 is 72.5. The number of sulfonamides is 1. The molecule has 1 fully saturated rings. The molecule has 2 heterocycles. The number of morpholine rings is 1. The molecule has 0 bridgehead atoms. The quantitative estimate of drug-likeness (QED) is 0.640. The minimum absolute atomic E-state index is 0.0988. The molecule has 0 aliphatic carbocycles. The van der Waals surface area contributed by atoms with Crippen molar-refractivity contribution in [1.29, 1.82) is 0 Å². The van der Waals surface area contributed by atoms with Gasteiger partial charge in [-0.2, -0.15) is 0 Å². The van der Waals surface area contributed by atoms with Gasteiger partial charge in [-0.15, -0.1) is 0 Å². The lowest BCUT2D eigenvalue weighted by Gasteiger charge is -2.34. The standard InChI is InChI=1S/C21H18F3N3O3S/c22-15-3-1-14(2-4-15)20-13-27(9-10-30-20)21-8-6-17(12-25-21)31(28,29)26-16-5-7-18(23)19(24)11-16/h1-8,11-12,20,26H,9-10,13H2. The number of nitrogens with zero attached hydrogens (tertiary/aromatic N) is 2. The number of halogens is 3. The molecule has 162 valence electrons. The molecular formula is C21H18F3N3O3S. The first kappa shape index (κ1) is 21.1. The minimum atomic E-state index is -4.03. The van der Waals surface area contributed by atoms with E-state index in [2.05, 4.69) is 9.71 Å². The van der Waals surface area contributed by atoms with Gasteiger partial charge in [-0.1, -0.05) is 12.1 Å². The maximum Gasteiger partial charge on any atom is 0.263 e. The van der Waals surface area contributed by atoms with Crippen LogP contribution in [-0.4, -0.2) is 33.1 Å². The Labute approximate surface area is 177 Å². The first-order valence-corrected chi connectivity index (χ1v) is 10.9. The van der Waals surface area contributed by atoms with Gasteiger partial charge < -0.3 is 9.64 Å². The Bertz CT molecular complexity index is 1170. The van der Waals surface area contributed by atoms with E-state index in [1.807, 2.05) is 4.90 Å². The molecule has 1 aliphatic rings. The van der Waals surface area contributed by atoms with Crippen LogP contribution in [0.15, 0.2) is 65.7 Å². The third-order valence-electron chi connectivity index (χ3n) is 4.84. The van der Waals surface area contributed by atoms with Crippen molar-refractivity contribution >= 4 is 21.5 Å². The fourth-order valence-electron chi connectivity index (χ4n) is 3.23. The molecule has 1 atom stereocenters. The summed E-state index contributed by atoms with van der Waals surface area (Å²) >= 11 is 0. The summed E-state index contributed by atoms with van der Waals surface area (Å²) in [6, 6.07) is 11.7. The Morgan fingerprint density at radius 3 is 2.45 bits per heavy atom. The van der Waals surface area contributed by atoms with E-state index >= 15 is 0 Å². The number of rotatable bonds is 5. The zero-order valence-corrected chi connectivity index (χ0v) is 16.9. The summed E-state index contributed by atoms with van der Waals surface area (Å²) in [5, 5.41) is 0. The van der Waals surface area contributed by atoms with Crippen LogP contribution < -0.4 is 9.62 Å². The molecule has 31 heavy (non-hydrogen) atoms. The molecule has 0 amide bonds. The van der Waals surface area contributed by atoms with E-state index in [1.54, 1.807) is 18.2 Å². The van der Waals surface area contributed by atoms with E-state index in [0.29, 0.717) is 25.5 Å². The maximum atomic E-state index is 13.3. The second kappa shape index (κ2) is 8.56. The number of anilines is 2. The van der Waals surface area contributed by atoms with Crippen molar-refractivity contribution in [1.82, 2.24) is 4.98 Å². The average Bonchev–Trinajstić information content (AvgIpc) is 2.77. The van der Waals surface area contributed by atoms with Crippen molar-refractivity contribution in [2.45, 2.75) is 11.0 Å². The molecule has 1 N–H and O–H groups in total. The second-order valence-electron chi connectivity index (χ2n) is 6.94.